The molecule has 2 aromatic carbocycles. The quantitative estimate of drug-likeness (QED) is 0.826. The summed E-state index contributed by atoms with van der Waals surface area (Å²) in [6, 6.07) is 13.3. The van der Waals surface area contributed by atoms with Gasteiger partial charge in [0.1, 0.15) is 11.9 Å². The Kier molecular flexibility index (Phi) is 5.02. The first-order valence-corrected chi connectivity index (χ1v) is 7.56. The Morgan fingerprint density at radius 1 is 1.16 bits per heavy atom. The normalized spacial score (nSPS) is 12.2. The lowest BCUT2D eigenvalue weighted by Crippen LogP contribution is -2.01. The lowest BCUT2D eigenvalue weighted by atomic mass is 10.0. The number of halogens is 2. The molecule has 0 heterocycles. The Labute approximate surface area is 129 Å². The van der Waals surface area contributed by atoms with Gasteiger partial charge in [-0.3, -0.25) is 0 Å². The van der Waals surface area contributed by atoms with E-state index >= 15 is 0 Å². The molecular weight excluding hydrogens is 372 g/mol. The Balaban J connectivity index is 2.31. The van der Waals surface area contributed by atoms with Crippen molar-refractivity contribution in [2.24, 2.45) is 0 Å². The van der Waals surface area contributed by atoms with Crippen molar-refractivity contribution in [1.29, 1.82) is 0 Å². The van der Waals surface area contributed by atoms with Crippen LogP contribution >= 0.6 is 31.9 Å². The van der Waals surface area contributed by atoms with Crippen LogP contribution in [0.4, 0.5) is 0 Å². The fourth-order valence-electron chi connectivity index (χ4n) is 1.84. The van der Waals surface area contributed by atoms with Crippen LogP contribution in [0.3, 0.4) is 0 Å². The zero-order valence-corrected chi connectivity index (χ0v) is 13.6. The SMILES string of the molecule is CCOc1ccc(C(O)c2cccc(Br)c2)c(Br)c1. The van der Waals surface area contributed by atoms with Gasteiger partial charge in [-0.25, -0.2) is 0 Å². The maximum atomic E-state index is 10.4. The first kappa shape index (κ1) is 14.6. The van der Waals surface area contributed by atoms with Crippen LogP contribution in [0.1, 0.15) is 24.2 Å². The number of benzene rings is 2. The summed E-state index contributed by atoms with van der Waals surface area (Å²) in [7, 11) is 0. The highest BCUT2D eigenvalue weighted by atomic mass is 79.9. The van der Waals surface area contributed by atoms with Crippen LogP contribution in [-0.4, -0.2) is 11.7 Å². The van der Waals surface area contributed by atoms with Crippen LogP contribution in [0.15, 0.2) is 51.4 Å². The van der Waals surface area contributed by atoms with Gasteiger partial charge in [-0.15, -0.1) is 0 Å². The number of hydrogen-bond acceptors (Lipinski definition) is 2. The monoisotopic (exact) mass is 384 g/mol. The van der Waals surface area contributed by atoms with Gasteiger partial charge < -0.3 is 9.84 Å². The van der Waals surface area contributed by atoms with E-state index in [0.29, 0.717) is 6.61 Å². The van der Waals surface area contributed by atoms with Crippen molar-refractivity contribution in [1.82, 2.24) is 0 Å². The number of hydrogen-bond donors (Lipinski definition) is 1. The predicted octanol–water partition coefficient (Wildman–Crippen LogP) is 4.69. The van der Waals surface area contributed by atoms with Gasteiger partial charge in [-0.2, -0.15) is 0 Å². The third kappa shape index (κ3) is 3.59. The van der Waals surface area contributed by atoms with Crippen LogP contribution in [-0.2, 0) is 0 Å². The minimum atomic E-state index is -0.664. The van der Waals surface area contributed by atoms with E-state index in [1.807, 2.05) is 49.4 Å². The van der Waals surface area contributed by atoms with E-state index in [1.165, 1.54) is 0 Å². The van der Waals surface area contributed by atoms with Crippen LogP contribution in [0.2, 0.25) is 0 Å². The van der Waals surface area contributed by atoms with E-state index in [-0.39, 0.29) is 0 Å². The van der Waals surface area contributed by atoms with Crippen molar-refractivity contribution in [3.8, 4) is 5.75 Å². The standard InChI is InChI=1S/C15H14Br2O2/c1-2-19-12-6-7-13(14(17)9-12)15(18)10-4-3-5-11(16)8-10/h3-9,15,18H,2H2,1H3. The molecule has 0 bridgehead atoms. The summed E-state index contributed by atoms with van der Waals surface area (Å²) in [6.07, 6.45) is -0.664. The fraction of sp³-hybridized carbons (Fsp3) is 0.200. The van der Waals surface area contributed by atoms with Crippen LogP contribution in [0, 0.1) is 0 Å². The molecule has 0 fully saturated rings. The summed E-state index contributed by atoms with van der Waals surface area (Å²) < 4.78 is 7.22. The van der Waals surface area contributed by atoms with Crippen molar-refractivity contribution >= 4 is 31.9 Å². The van der Waals surface area contributed by atoms with Gasteiger partial charge in [-0.1, -0.05) is 50.1 Å². The molecule has 0 aliphatic heterocycles. The number of aliphatic hydroxyl groups is 1. The van der Waals surface area contributed by atoms with Crippen molar-refractivity contribution in [2.45, 2.75) is 13.0 Å². The van der Waals surface area contributed by atoms with Crippen molar-refractivity contribution < 1.29 is 9.84 Å². The average molecular weight is 386 g/mol. The first-order chi connectivity index (χ1) is 9.11. The third-order valence-electron chi connectivity index (χ3n) is 2.74. The molecule has 0 aromatic heterocycles. The van der Waals surface area contributed by atoms with Crippen LogP contribution in [0.25, 0.3) is 0 Å². The highest BCUT2D eigenvalue weighted by Crippen LogP contribution is 2.32. The summed E-state index contributed by atoms with van der Waals surface area (Å²) in [5, 5.41) is 10.4. The van der Waals surface area contributed by atoms with Gasteiger partial charge in [0.05, 0.1) is 6.61 Å². The fourth-order valence-corrected chi connectivity index (χ4v) is 2.83. The maximum Gasteiger partial charge on any atom is 0.120 e. The zero-order valence-electron chi connectivity index (χ0n) is 10.4. The van der Waals surface area contributed by atoms with E-state index in [2.05, 4.69) is 31.9 Å². The summed E-state index contributed by atoms with van der Waals surface area (Å²) >= 11 is 6.89. The molecule has 2 rings (SSSR count). The van der Waals surface area contributed by atoms with Crippen molar-refractivity contribution in [3.05, 3.63) is 62.5 Å². The molecule has 0 saturated heterocycles. The second-order valence-electron chi connectivity index (χ2n) is 4.07. The molecule has 0 radical (unpaired) electrons. The molecule has 100 valence electrons. The van der Waals surface area contributed by atoms with Crippen LogP contribution in [0.5, 0.6) is 5.75 Å². The van der Waals surface area contributed by atoms with Gasteiger partial charge in [0.2, 0.25) is 0 Å². The third-order valence-corrected chi connectivity index (χ3v) is 3.92. The molecular formula is C15H14Br2O2. The zero-order chi connectivity index (χ0) is 13.8. The highest BCUT2D eigenvalue weighted by Gasteiger charge is 2.14. The molecule has 0 spiro atoms. The van der Waals surface area contributed by atoms with E-state index in [4.69, 9.17) is 4.74 Å². The van der Waals surface area contributed by atoms with Crippen molar-refractivity contribution in [2.75, 3.05) is 6.61 Å². The summed E-state index contributed by atoms with van der Waals surface area (Å²) in [5.74, 6) is 0.791. The lowest BCUT2D eigenvalue weighted by Gasteiger charge is -2.15. The Morgan fingerprint density at radius 3 is 2.58 bits per heavy atom. The molecule has 2 nitrogen and oxygen atoms in total. The molecule has 1 N–H and O–H groups in total. The van der Waals surface area contributed by atoms with E-state index in [9.17, 15) is 5.11 Å². The van der Waals surface area contributed by atoms with Gasteiger partial charge in [0.15, 0.2) is 0 Å². The van der Waals surface area contributed by atoms with E-state index < -0.39 is 6.10 Å². The molecule has 0 aliphatic rings. The second-order valence-corrected chi connectivity index (χ2v) is 5.84. The first-order valence-electron chi connectivity index (χ1n) is 5.97. The minimum Gasteiger partial charge on any atom is -0.494 e. The number of aliphatic hydroxyl groups excluding tert-OH is 1. The van der Waals surface area contributed by atoms with Gasteiger partial charge in [-0.05, 0) is 42.3 Å². The van der Waals surface area contributed by atoms with Gasteiger partial charge in [0.25, 0.3) is 0 Å². The average Bonchev–Trinajstić information content (AvgIpc) is 2.38. The predicted molar refractivity (Wildman–Crippen MR) is 83.5 cm³/mol. The lowest BCUT2D eigenvalue weighted by molar-refractivity contribution is 0.219. The molecule has 0 aliphatic carbocycles. The molecule has 1 atom stereocenters. The largest absolute Gasteiger partial charge is 0.494 e. The van der Waals surface area contributed by atoms with Gasteiger partial charge >= 0.3 is 0 Å². The molecule has 19 heavy (non-hydrogen) atoms. The second kappa shape index (κ2) is 6.55. The molecule has 2 aromatic rings. The molecule has 4 heteroatoms. The Morgan fingerprint density at radius 2 is 1.95 bits per heavy atom. The van der Waals surface area contributed by atoms with E-state index in [1.54, 1.807) is 0 Å². The maximum absolute atomic E-state index is 10.4. The molecule has 0 amide bonds. The van der Waals surface area contributed by atoms with Crippen molar-refractivity contribution in [3.63, 3.8) is 0 Å². The minimum absolute atomic E-state index is 0.625. The smallest absolute Gasteiger partial charge is 0.120 e. The van der Waals surface area contributed by atoms with E-state index in [0.717, 1.165) is 25.8 Å². The molecule has 1 unspecified atom stereocenters. The topological polar surface area (TPSA) is 29.5 Å². The Bertz CT molecular complexity index is 570. The van der Waals surface area contributed by atoms with Crippen LogP contribution < -0.4 is 4.74 Å². The summed E-state index contributed by atoms with van der Waals surface area (Å²) in [4.78, 5) is 0. The number of rotatable bonds is 4. The summed E-state index contributed by atoms with van der Waals surface area (Å²) in [5.41, 5.74) is 1.67. The summed E-state index contributed by atoms with van der Waals surface area (Å²) in [6.45, 7) is 2.57. The molecule has 0 saturated carbocycles. The Hall–Kier alpha value is -0.840. The highest BCUT2D eigenvalue weighted by molar-refractivity contribution is 9.10. The number of ether oxygens (including phenoxy) is 1. The van der Waals surface area contributed by atoms with Gasteiger partial charge in [0, 0.05) is 8.95 Å².